The van der Waals surface area contributed by atoms with Gasteiger partial charge in [0.05, 0.1) is 19.8 Å². The van der Waals surface area contributed by atoms with E-state index in [2.05, 4.69) is 0 Å². The van der Waals surface area contributed by atoms with E-state index in [0.717, 1.165) is 4.31 Å². The molecule has 1 amide bonds. The largest absolute Gasteiger partial charge is 0.443 e. The Morgan fingerprint density at radius 3 is 2.00 bits per heavy atom. The summed E-state index contributed by atoms with van der Waals surface area (Å²) >= 11 is 5.65. The van der Waals surface area contributed by atoms with Crippen LogP contribution in [-0.2, 0) is 28.6 Å². The van der Waals surface area contributed by atoms with Crippen LogP contribution in [0.5, 0.6) is 0 Å². The second-order valence-electron chi connectivity index (χ2n) is 6.27. The molecule has 0 aliphatic carbocycles. The third-order valence-corrected chi connectivity index (χ3v) is 7.89. The molecular weight excluding hydrogens is 407 g/mol. The maximum absolute atomic E-state index is 12.9. The summed E-state index contributed by atoms with van der Waals surface area (Å²) in [6, 6.07) is 0. The Labute approximate surface area is 161 Å². The minimum Gasteiger partial charge on any atom is -0.443 e. The van der Waals surface area contributed by atoms with Gasteiger partial charge in [-0.1, -0.05) is 0 Å². The Kier molecular flexibility index (Phi) is 10.1. The summed E-state index contributed by atoms with van der Waals surface area (Å²) in [6.45, 7) is 9.31. The van der Waals surface area contributed by atoms with Crippen LogP contribution in [0.4, 0.5) is 4.79 Å². The van der Waals surface area contributed by atoms with Crippen molar-refractivity contribution in [2.75, 3.05) is 32.7 Å². The predicted molar refractivity (Wildman–Crippen MR) is 101 cm³/mol. The molecule has 12 heteroatoms. The third-order valence-electron chi connectivity index (χ3n) is 3.13. The first-order valence-electron chi connectivity index (χ1n) is 8.20. The molecule has 0 fully saturated rings. The summed E-state index contributed by atoms with van der Waals surface area (Å²) in [4.78, 5) is 12.3. The summed E-state index contributed by atoms with van der Waals surface area (Å²) in [7, 11) is -6.95. The number of alkyl halides is 1. The highest BCUT2D eigenvalue weighted by molar-refractivity contribution is 7.87. The first kappa shape index (κ1) is 25.6. The lowest BCUT2D eigenvalue weighted by Gasteiger charge is -2.34. The fourth-order valence-electron chi connectivity index (χ4n) is 1.85. The predicted octanol–water partition coefficient (Wildman–Crippen LogP) is 3.25. The van der Waals surface area contributed by atoms with Gasteiger partial charge in [-0.3, -0.25) is 4.57 Å². The molecule has 0 aromatic carbocycles. The van der Waals surface area contributed by atoms with Crippen LogP contribution in [0.15, 0.2) is 0 Å². The van der Waals surface area contributed by atoms with Gasteiger partial charge in [-0.05, 0) is 41.5 Å². The van der Waals surface area contributed by atoms with Gasteiger partial charge in [0.2, 0.25) is 0 Å². The van der Waals surface area contributed by atoms with Crippen molar-refractivity contribution >= 4 is 35.5 Å². The van der Waals surface area contributed by atoms with Crippen molar-refractivity contribution in [1.29, 1.82) is 0 Å². The zero-order chi connectivity index (χ0) is 20.8. The molecule has 26 heavy (non-hydrogen) atoms. The highest BCUT2D eigenvalue weighted by Gasteiger charge is 2.43. The van der Waals surface area contributed by atoms with Crippen molar-refractivity contribution in [1.82, 2.24) is 8.61 Å². The van der Waals surface area contributed by atoms with Crippen LogP contribution < -0.4 is 0 Å². The molecule has 0 rings (SSSR count). The summed E-state index contributed by atoms with van der Waals surface area (Å²) in [5.41, 5.74) is -0.896. The second kappa shape index (κ2) is 10.2. The molecule has 0 saturated carbocycles. The van der Waals surface area contributed by atoms with Gasteiger partial charge in [0.15, 0.2) is 0 Å². The molecule has 0 aromatic heterocycles. The maximum Gasteiger partial charge on any atom is 0.425 e. The van der Waals surface area contributed by atoms with Crippen LogP contribution in [0.1, 0.15) is 41.5 Å². The summed E-state index contributed by atoms with van der Waals surface area (Å²) < 4.78 is 55.5. The lowest BCUT2D eigenvalue weighted by Crippen LogP contribution is -2.50. The minimum absolute atomic E-state index is 0.0764. The molecule has 0 saturated heterocycles. The van der Waals surface area contributed by atoms with E-state index in [0.29, 0.717) is 4.31 Å². The minimum atomic E-state index is -4.38. The second-order valence-corrected chi connectivity index (χ2v) is 10.9. The van der Waals surface area contributed by atoms with E-state index in [4.69, 9.17) is 25.4 Å². The van der Waals surface area contributed by atoms with Crippen LogP contribution in [-0.4, -0.2) is 67.2 Å². The van der Waals surface area contributed by atoms with E-state index in [1.807, 2.05) is 0 Å². The van der Waals surface area contributed by atoms with E-state index in [1.165, 1.54) is 14.0 Å². The van der Waals surface area contributed by atoms with E-state index in [-0.39, 0.29) is 25.6 Å². The fraction of sp³-hybridized carbons (Fsp3) is 0.929. The molecule has 0 radical (unpaired) electrons. The van der Waals surface area contributed by atoms with Gasteiger partial charge in [-0.2, -0.15) is 17.0 Å². The van der Waals surface area contributed by atoms with Gasteiger partial charge in [-0.15, -0.1) is 11.6 Å². The van der Waals surface area contributed by atoms with Gasteiger partial charge in [0.1, 0.15) is 11.4 Å². The number of carbonyl (C=O) groups is 1. The molecule has 0 heterocycles. The smallest absolute Gasteiger partial charge is 0.425 e. The number of ether oxygens (including phenoxy) is 1. The zero-order valence-electron chi connectivity index (χ0n) is 16.4. The average molecular weight is 437 g/mol. The quantitative estimate of drug-likeness (QED) is 0.382. The molecule has 9 nitrogen and oxygen atoms in total. The van der Waals surface area contributed by atoms with Gasteiger partial charge in [-0.25, -0.2) is 4.79 Å². The van der Waals surface area contributed by atoms with Crippen molar-refractivity contribution in [2.45, 2.75) is 52.9 Å². The summed E-state index contributed by atoms with van der Waals surface area (Å²) in [5.74, 6) is -1.29. The van der Waals surface area contributed by atoms with E-state index >= 15 is 0 Å². The Hall–Kier alpha value is -0.380. The van der Waals surface area contributed by atoms with E-state index in [9.17, 15) is 17.8 Å². The highest BCUT2D eigenvalue weighted by atomic mass is 35.5. The van der Waals surface area contributed by atoms with E-state index in [1.54, 1.807) is 34.6 Å². The van der Waals surface area contributed by atoms with Crippen molar-refractivity contribution < 1.29 is 31.6 Å². The van der Waals surface area contributed by atoms with Crippen LogP contribution in [0.2, 0.25) is 0 Å². The third kappa shape index (κ3) is 6.98. The van der Waals surface area contributed by atoms with Crippen LogP contribution in [0, 0.1) is 0 Å². The van der Waals surface area contributed by atoms with Crippen LogP contribution >= 0.6 is 19.2 Å². The molecule has 1 unspecified atom stereocenters. The monoisotopic (exact) mass is 436 g/mol. The molecule has 0 bridgehead atoms. The van der Waals surface area contributed by atoms with Crippen molar-refractivity contribution in [3.63, 3.8) is 0 Å². The number of hydrogen-bond acceptors (Lipinski definition) is 7. The normalized spacial score (nSPS) is 14.3. The summed E-state index contributed by atoms with van der Waals surface area (Å²) in [5, 5.41) is 0. The molecule has 156 valence electrons. The SMILES string of the molecule is CCOP(=O)(OCC)C(C)N(C)S(=O)(=O)N(CCCl)C(=O)OC(C)(C)C. The number of hydrogen-bond donors (Lipinski definition) is 0. The molecular formula is C14H30ClN2O7PS. The van der Waals surface area contributed by atoms with Crippen LogP contribution in [0.3, 0.4) is 0 Å². The fourth-order valence-corrected chi connectivity index (χ4v) is 5.69. The first-order valence-corrected chi connectivity index (χ1v) is 11.7. The lowest BCUT2D eigenvalue weighted by atomic mass is 10.2. The van der Waals surface area contributed by atoms with Crippen molar-refractivity contribution in [3.8, 4) is 0 Å². The van der Waals surface area contributed by atoms with Gasteiger partial charge >= 0.3 is 23.9 Å². The number of amides is 1. The number of halogens is 1. The Balaban J connectivity index is 5.76. The Morgan fingerprint density at radius 1 is 1.19 bits per heavy atom. The number of rotatable bonds is 10. The molecule has 0 spiro atoms. The topological polar surface area (TPSA) is 102 Å². The van der Waals surface area contributed by atoms with Gasteiger partial charge in [0.25, 0.3) is 0 Å². The standard InChI is InChI=1S/C14H30ClN2O7PS/c1-8-22-25(19,23-9-2)12(3)16(7)26(20,21)17(11-10-15)13(18)24-14(4,5)6/h12H,8-11H2,1-7H3. The average Bonchev–Trinajstić information content (AvgIpc) is 2.49. The Morgan fingerprint density at radius 2 is 1.65 bits per heavy atom. The van der Waals surface area contributed by atoms with Crippen molar-refractivity contribution in [2.24, 2.45) is 0 Å². The lowest BCUT2D eigenvalue weighted by molar-refractivity contribution is 0.0388. The number of carbonyl (C=O) groups excluding carboxylic acids is 1. The molecule has 0 aliphatic heterocycles. The van der Waals surface area contributed by atoms with Gasteiger partial charge in [0, 0.05) is 12.9 Å². The van der Waals surface area contributed by atoms with Crippen LogP contribution in [0.25, 0.3) is 0 Å². The molecule has 0 aliphatic rings. The molecule has 0 aromatic rings. The highest BCUT2D eigenvalue weighted by Crippen LogP contribution is 2.54. The van der Waals surface area contributed by atoms with Crippen molar-refractivity contribution in [3.05, 3.63) is 0 Å². The van der Waals surface area contributed by atoms with Gasteiger partial charge < -0.3 is 13.8 Å². The molecule has 1 atom stereocenters. The number of nitrogens with zero attached hydrogens (tertiary/aromatic N) is 2. The summed E-state index contributed by atoms with van der Waals surface area (Å²) in [6.07, 6.45) is -1.07. The zero-order valence-corrected chi connectivity index (χ0v) is 18.9. The maximum atomic E-state index is 12.9. The van der Waals surface area contributed by atoms with E-state index < -0.39 is 35.3 Å². The first-order chi connectivity index (χ1) is 11.8. The Bertz CT molecular complexity index is 599. The molecule has 0 N–H and O–H groups in total.